The van der Waals surface area contributed by atoms with Crippen molar-refractivity contribution in [3.05, 3.63) is 65.7 Å². The summed E-state index contributed by atoms with van der Waals surface area (Å²) >= 11 is 0. The standard InChI is InChI=1S/C31H39N3O4/c1-2-10-25(29(32)36)26(19-21-11-8-12-21)30(37)33-27-17-6-7-18-34(31(27)38)24-16-9-15-23(20-24)28(35)22-13-4-3-5-14-22/h3-5,9,13-16,20-21,25-27H,2,6-8,10-12,17-19H2,1H3,(H2,32,36)(H,33,37)/t25-,26+,27-/m0/s1. The van der Waals surface area contributed by atoms with E-state index in [2.05, 4.69) is 5.32 Å². The minimum Gasteiger partial charge on any atom is -0.369 e. The number of rotatable bonds is 11. The summed E-state index contributed by atoms with van der Waals surface area (Å²) in [7, 11) is 0. The third kappa shape index (κ3) is 6.50. The van der Waals surface area contributed by atoms with Gasteiger partial charge in [-0.3, -0.25) is 19.2 Å². The number of hydrogen-bond acceptors (Lipinski definition) is 4. The Morgan fingerprint density at radius 1 is 0.947 bits per heavy atom. The number of ketones is 1. The highest BCUT2D eigenvalue weighted by Crippen LogP contribution is 2.36. The molecule has 2 aromatic rings. The van der Waals surface area contributed by atoms with E-state index in [9.17, 15) is 19.2 Å². The highest BCUT2D eigenvalue weighted by atomic mass is 16.2. The fourth-order valence-corrected chi connectivity index (χ4v) is 5.67. The van der Waals surface area contributed by atoms with Crippen molar-refractivity contribution in [2.45, 2.75) is 70.8 Å². The fraction of sp³-hybridized carbons (Fsp3) is 0.484. The predicted molar refractivity (Wildman–Crippen MR) is 147 cm³/mol. The third-order valence-electron chi connectivity index (χ3n) is 8.06. The second-order valence-electron chi connectivity index (χ2n) is 10.7. The van der Waals surface area contributed by atoms with E-state index in [0.717, 1.165) is 38.5 Å². The molecule has 1 aliphatic heterocycles. The van der Waals surface area contributed by atoms with Crippen LogP contribution in [0.2, 0.25) is 0 Å². The van der Waals surface area contributed by atoms with Crippen LogP contribution >= 0.6 is 0 Å². The highest BCUT2D eigenvalue weighted by molar-refractivity contribution is 6.10. The summed E-state index contributed by atoms with van der Waals surface area (Å²) in [6.07, 6.45) is 7.35. The minimum atomic E-state index is -0.683. The zero-order valence-electron chi connectivity index (χ0n) is 22.2. The Hall–Kier alpha value is -3.48. The minimum absolute atomic E-state index is 0.105. The maximum atomic E-state index is 13.7. The van der Waals surface area contributed by atoms with E-state index < -0.39 is 23.8 Å². The Bertz CT molecular complexity index is 1140. The van der Waals surface area contributed by atoms with Gasteiger partial charge in [0.15, 0.2) is 5.78 Å². The number of nitrogens with one attached hydrogen (secondary N) is 1. The molecule has 1 saturated heterocycles. The first-order chi connectivity index (χ1) is 18.4. The summed E-state index contributed by atoms with van der Waals surface area (Å²) in [4.78, 5) is 54.3. The number of amides is 3. The number of benzene rings is 2. The molecule has 7 heteroatoms. The van der Waals surface area contributed by atoms with E-state index in [-0.39, 0.29) is 17.6 Å². The first kappa shape index (κ1) is 27.6. The zero-order chi connectivity index (χ0) is 27.1. The molecule has 38 heavy (non-hydrogen) atoms. The molecule has 0 unspecified atom stereocenters. The predicted octanol–water partition coefficient (Wildman–Crippen LogP) is 4.63. The molecule has 1 heterocycles. The largest absolute Gasteiger partial charge is 0.369 e. The molecule has 2 aliphatic rings. The zero-order valence-corrected chi connectivity index (χ0v) is 22.2. The van der Waals surface area contributed by atoms with Gasteiger partial charge in [0.2, 0.25) is 17.7 Å². The Labute approximate surface area is 225 Å². The van der Waals surface area contributed by atoms with Crippen LogP contribution in [0.25, 0.3) is 0 Å². The van der Waals surface area contributed by atoms with E-state index in [4.69, 9.17) is 5.73 Å². The Balaban J connectivity index is 1.52. The summed E-state index contributed by atoms with van der Waals surface area (Å²) in [5.74, 6) is -1.61. The van der Waals surface area contributed by atoms with Crippen molar-refractivity contribution < 1.29 is 19.2 Å². The molecule has 7 nitrogen and oxygen atoms in total. The van der Waals surface area contributed by atoms with Gasteiger partial charge < -0.3 is 16.0 Å². The monoisotopic (exact) mass is 517 g/mol. The number of nitrogens with two attached hydrogens (primary N) is 1. The van der Waals surface area contributed by atoms with Crippen LogP contribution in [-0.2, 0) is 14.4 Å². The van der Waals surface area contributed by atoms with E-state index >= 15 is 0 Å². The van der Waals surface area contributed by atoms with Gasteiger partial charge in [-0.1, -0.05) is 75.1 Å². The molecule has 2 aromatic carbocycles. The van der Waals surface area contributed by atoms with Crippen LogP contribution in [0.4, 0.5) is 5.69 Å². The van der Waals surface area contributed by atoms with Crippen LogP contribution in [0.15, 0.2) is 54.6 Å². The number of nitrogens with zero attached hydrogens (tertiary/aromatic N) is 1. The quantitative estimate of drug-likeness (QED) is 0.424. The molecule has 0 bridgehead atoms. The van der Waals surface area contributed by atoms with E-state index in [1.54, 1.807) is 35.2 Å². The van der Waals surface area contributed by atoms with Gasteiger partial charge in [-0.15, -0.1) is 0 Å². The molecule has 1 aliphatic carbocycles. The summed E-state index contributed by atoms with van der Waals surface area (Å²) in [5, 5.41) is 3.01. The average molecular weight is 518 g/mol. The molecule has 202 valence electrons. The number of anilines is 1. The maximum Gasteiger partial charge on any atom is 0.249 e. The van der Waals surface area contributed by atoms with Gasteiger partial charge in [-0.2, -0.15) is 0 Å². The van der Waals surface area contributed by atoms with Crippen LogP contribution in [0, 0.1) is 17.8 Å². The van der Waals surface area contributed by atoms with Crippen LogP contribution in [0.3, 0.4) is 0 Å². The molecule has 0 spiro atoms. The maximum absolute atomic E-state index is 13.7. The number of hydrogen-bond donors (Lipinski definition) is 2. The first-order valence-corrected chi connectivity index (χ1v) is 14.0. The van der Waals surface area contributed by atoms with Gasteiger partial charge in [-0.05, 0) is 50.2 Å². The van der Waals surface area contributed by atoms with E-state index in [0.29, 0.717) is 48.5 Å². The lowest BCUT2D eigenvalue weighted by Crippen LogP contribution is -2.51. The Morgan fingerprint density at radius 3 is 2.34 bits per heavy atom. The number of carbonyl (C=O) groups excluding carboxylic acids is 4. The topological polar surface area (TPSA) is 110 Å². The molecule has 0 aromatic heterocycles. The van der Waals surface area contributed by atoms with Crippen LogP contribution < -0.4 is 16.0 Å². The van der Waals surface area contributed by atoms with E-state index in [1.165, 1.54) is 0 Å². The third-order valence-corrected chi connectivity index (χ3v) is 8.06. The molecule has 2 fully saturated rings. The SMILES string of the molecule is CCC[C@H](C(N)=O)[C@@H](CC1CCC1)C(=O)N[C@H]1CCCCN(c2cccc(C(=O)c3ccccc3)c2)C1=O. The van der Waals surface area contributed by atoms with Gasteiger partial charge in [0.1, 0.15) is 6.04 Å². The van der Waals surface area contributed by atoms with Crippen molar-refractivity contribution in [2.75, 3.05) is 11.4 Å². The van der Waals surface area contributed by atoms with Gasteiger partial charge in [0.25, 0.3) is 0 Å². The van der Waals surface area contributed by atoms with Crippen molar-refractivity contribution >= 4 is 29.2 Å². The smallest absolute Gasteiger partial charge is 0.249 e. The lowest BCUT2D eigenvalue weighted by atomic mass is 9.74. The number of carbonyl (C=O) groups is 4. The van der Waals surface area contributed by atoms with Crippen LogP contribution in [0.1, 0.15) is 80.6 Å². The summed E-state index contributed by atoms with van der Waals surface area (Å²) in [5.41, 5.74) is 7.48. The lowest BCUT2D eigenvalue weighted by Gasteiger charge is -2.33. The Morgan fingerprint density at radius 2 is 1.68 bits per heavy atom. The second-order valence-corrected chi connectivity index (χ2v) is 10.7. The average Bonchev–Trinajstić information content (AvgIpc) is 3.08. The van der Waals surface area contributed by atoms with Gasteiger partial charge >= 0.3 is 0 Å². The summed E-state index contributed by atoms with van der Waals surface area (Å²) in [6, 6.07) is 15.5. The van der Waals surface area contributed by atoms with E-state index in [1.807, 2.05) is 31.2 Å². The normalized spacial score (nSPS) is 19.7. The van der Waals surface area contributed by atoms with Crippen molar-refractivity contribution in [1.29, 1.82) is 0 Å². The molecule has 3 atom stereocenters. The van der Waals surface area contributed by atoms with Crippen molar-refractivity contribution in [3.63, 3.8) is 0 Å². The number of primary amides is 1. The second kappa shape index (κ2) is 12.9. The molecule has 3 N–H and O–H groups in total. The molecular formula is C31H39N3O4. The van der Waals surface area contributed by atoms with Crippen LogP contribution in [-0.4, -0.2) is 36.1 Å². The van der Waals surface area contributed by atoms with Crippen molar-refractivity contribution in [1.82, 2.24) is 5.32 Å². The molecule has 0 radical (unpaired) electrons. The van der Waals surface area contributed by atoms with Gasteiger partial charge in [-0.25, -0.2) is 0 Å². The summed E-state index contributed by atoms with van der Waals surface area (Å²) in [6.45, 7) is 2.50. The summed E-state index contributed by atoms with van der Waals surface area (Å²) < 4.78 is 0. The van der Waals surface area contributed by atoms with Gasteiger partial charge in [0, 0.05) is 35.2 Å². The highest BCUT2D eigenvalue weighted by Gasteiger charge is 2.38. The fourth-order valence-electron chi connectivity index (χ4n) is 5.67. The molecule has 4 rings (SSSR count). The Kier molecular flexibility index (Phi) is 9.32. The molecule has 1 saturated carbocycles. The first-order valence-electron chi connectivity index (χ1n) is 14.0. The van der Waals surface area contributed by atoms with Crippen molar-refractivity contribution in [3.8, 4) is 0 Å². The molecule has 3 amide bonds. The molecular weight excluding hydrogens is 478 g/mol. The van der Waals surface area contributed by atoms with Crippen molar-refractivity contribution in [2.24, 2.45) is 23.5 Å². The van der Waals surface area contributed by atoms with Gasteiger partial charge in [0.05, 0.1) is 0 Å². The van der Waals surface area contributed by atoms with Crippen LogP contribution in [0.5, 0.6) is 0 Å². The lowest BCUT2D eigenvalue weighted by molar-refractivity contribution is -0.136.